The summed E-state index contributed by atoms with van der Waals surface area (Å²) < 4.78 is 0. The van der Waals surface area contributed by atoms with E-state index in [9.17, 15) is 9.59 Å². The molecule has 128 valence electrons. The molecule has 4 nitrogen and oxygen atoms in total. The summed E-state index contributed by atoms with van der Waals surface area (Å²) in [6, 6.07) is 8.33. The van der Waals surface area contributed by atoms with Crippen molar-refractivity contribution in [3.05, 3.63) is 35.9 Å². The Hall–Kier alpha value is -1.84. The van der Waals surface area contributed by atoms with Crippen molar-refractivity contribution in [2.45, 2.75) is 64.7 Å². The van der Waals surface area contributed by atoms with E-state index in [1.54, 1.807) is 24.3 Å². The molecule has 4 heteroatoms. The van der Waals surface area contributed by atoms with Gasteiger partial charge in [0.05, 0.1) is 0 Å². The first kappa shape index (κ1) is 19.2. The minimum absolute atomic E-state index is 0.366. The fourth-order valence-corrected chi connectivity index (χ4v) is 2.45. The fourth-order valence-electron chi connectivity index (χ4n) is 2.45. The van der Waals surface area contributed by atoms with E-state index >= 15 is 0 Å². The average Bonchev–Trinajstić information content (AvgIpc) is 2.57. The third-order valence-corrected chi connectivity index (χ3v) is 3.83. The van der Waals surface area contributed by atoms with E-state index in [1.165, 1.54) is 44.9 Å². The molecule has 0 saturated carbocycles. The number of imide groups is 1. The van der Waals surface area contributed by atoms with Crippen molar-refractivity contribution in [3.8, 4) is 0 Å². The molecule has 2 N–H and O–H groups in total. The SMILES string of the molecule is CCCCCCCCCCCNC(=O)NC(=O)c1ccccc1. The van der Waals surface area contributed by atoms with Crippen LogP contribution in [0, 0.1) is 0 Å². The molecule has 0 saturated heterocycles. The van der Waals surface area contributed by atoms with Gasteiger partial charge in [-0.15, -0.1) is 0 Å². The van der Waals surface area contributed by atoms with E-state index in [2.05, 4.69) is 17.6 Å². The second-order valence-electron chi connectivity index (χ2n) is 5.90. The lowest BCUT2D eigenvalue weighted by atomic mass is 10.1. The van der Waals surface area contributed by atoms with Crippen LogP contribution in [0.3, 0.4) is 0 Å². The van der Waals surface area contributed by atoms with Gasteiger partial charge in [-0.2, -0.15) is 0 Å². The molecular weight excluding hydrogens is 288 g/mol. The van der Waals surface area contributed by atoms with Gasteiger partial charge in [0.15, 0.2) is 0 Å². The third-order valence-electron chi connectivity index (χ3n) is 3.83. The second kappa shape index (κ2) is 12.7. The van der Waals surface area contributed by atoms with Crippen LogP contribution >= 0.6 is 0 Å². The van der Waals surface area contributed by atoms with Crippen molar-refractivity contribution in [3.63, 3.8) is 0 Å². The standard InChI is InChI=1S/C19H30N2O2/c1-2-3-4-5-6-7-8-9-13-16-20-19(23)21-18(22)17-14-11-10-12-15-17/h10-12,14-15H,2-9,13,16H2,1H3,(H2,20,21,22,23). The summed E-state index contributed by atoms with van der Waals surface area (Å²) in [7, 11) is 0. The molecule has 0 fully saturated rings. The number of hydrogen-bond donors (Lipinski definition) is 2. The van der Waals surface area contributed by atoms with Gasteiger partial charge in [-0.25, -0.2) is 4.79 Å². The maximum Gasteiger partial charge on any atom is 0.321 e. The molecule has 0 heterocycles. The Bertz CT molecular complexity index is 446. The van der Waals surface area contributed by atoms with E-state index in [1.807, 2.05) is 6.07 Å². The summed E-state index contributed by atoms with van der Waals surface area (Å²) in [5.41, 5.74) is 0.491. The van der Waals surface area contributed by atoms with Crippen molar-refractivity contribution in [2.24, 2.45) is 0 Å². The summed E-state index contributed by atoms with van der Waals surface area (Å²) in [6.45, 7) is 2.85. The smallest absolute Gasteiger partial charge is 0.321 e. The van der Waals surface area contributed by atoms with E-state index < -0.39 is 6.03 Å². The highest BCUT2D eigenvalue weighted by atomic mass is 16.2. The fraction of sp³-hybridized carbons (Fsp3) is 0.579. The highest BCUT2D eigenvalue weighted by molar-refractivity contribution is 6.04. The minimum atomic E-state index is -0.418. The molecule has 0 aliphatic rings. The van der Waals surface area contributed by atoms with Crippen LogP contribution in [-0.4, -0.2) is 18.5 Å². The van der Waals surface area contributed by atoms with Gasteiger partial charge in [0.2, 0.25) is 0 Å². The highest BCUT2D eigenvalue weighted by Crippen LogP contribution is 2.09. The Morgan fingerprint density at radius 1 is 0.826 bits per heavy atom. The van der Waals surface area contributed by atoms with Crippen molar-refractivity contribution >= 4 is 11.9 Å². The van der Waals surface area contributed by atoms with E-state index in [0.29, 0.717) is 12.1 Å². The number of hydrogen-bond acceptors (Lipinski definition) is 2. The van der Waals surface area contributed by atoms with Crippen LogP contribution in [0.1, 0.15) is 75.1 Å². The predicted molar refractivity (Wildman–Crippen MR) is 94.5 cm³/mol. The van der Waals surface area contributed by atoms with Gasteiger partial charge >= 0.3 is 6.03 Å². The maximum absolute atomic E-state index is 11.8. The molecule has 0 aliphatic heterocycles. The first-order valence-electron chi connectivity index (χ1n) is 8.88. The number of benzene rings is 1. The van der Waals surface area contributed by atoms with Crippen molar-refractivity contribution in [2.75, 3.05) is 6.54 Å². The van der Waals surface area contributed by atoms with Gasteiger partial charge in [-0.05, 0) is 18.6 Å². The number of rotatable bonds is 11. The number of carbonyl (C=O) groups is 2. The lowest BCUT2D eigenvalue weighted by molar-refractivity contribution is 0.0964. The van der Waals surface area contributed by atoms with Crippen LogP contribution in [0.25, 0.3) is 0 Å². The number of urea groups is 1. The minimum Gasteiger partial charge on any atom is -0.338 e. The average molecular weight is 318 g/mol. The number of carbonyl (C=O) groups excluding carboxylic acids is 2. The molecule has 3 amide bonds. The molecule has 0 bridgehead atoms. The van der Waals surface area contributed by atoms with E-state index in [0.717, 1.165) is 12.8 Å². The van der Waals surface area contributed by atoms with Gasteiger partial charge in [-0.3, -0.25) is 10.1 Å². The summed E-state index contributed by atoms with van der Waals surface area (Å²) in [6.07, 6.45) is 11.2. The molecule has 1 aromatic rings. The zero-order valence-corrected chi connectivity index (χ0v) is 14.3. The Labute approximate surface area is 140 Å². The third kappa shape index (κ3) is 9.72. The van der Waals surface area contributed by atoms with E-state index in [4.69, 9.17) is 0 Å². The van der Waals surface area contributed by atoms with E-state index in [-0.39, 0.29) is 5.91 Å². The Morgan fingerprint density at radius 3 is 2.00 bits per heavy atom. The zero-order chi connectivity index (χ0) is 16.8. The topological polar surface area (TPSA) is 58.2 Å². The largest absolute Gasteiger partial charge is 0.338 e. The van der Waals surface area contributed by atoms with Gasteiger partial charge in [-0.1, -0.05) is 76.5 Å². The van der Waals surface area contributed by atoms with Crippen LogP contribution in [0.5, 0.6) is 0 Å². The van der Waals surface area contributed by atoms with Crippen LogP contribution in [-0.2, 0) is 0 Å². The molecule has 0 atom stereocenters. The zero-order valence-electron chi connectivity index (χ0n) is 14.3. The van der Waals surface area contributed by atoms with Crippen LogP contribution < -0.4 is 10.6 Å². The van der Waals surface area contributed by atoms with Crippen molar-refractivity contribution < 1.29 is 9.59 Å². The summed E-state index contributed by atoms with van der Waals surface area (Å²) >= 11 is 0. The molecule has 0 unspecified atom stereocenters. The predicted octanol–water partition coefficient (Wildman–Crippen LogP) is 4.66. The number of nitrogens with one attached hydrogen (secondary N) is 2. The molecule has 0 radical (unpaired) electrons. The van der Waals surface area contributed by atoms with Crippen LogP contribution in [0.2, 0.25) is 0 Å². The molecule has 0 spiro atoms. The molecular formula is C19H30N2O2. The van der Waals surface area contributed by atoms with Gasteiger partial charge in [0.1, 0.15) is 0 Å². The van der Waals surface area contributed by atoms with Crippen LogP contribution in [0.15, 0.2) is 30.3 Å². The Balaban J connectivity index is 1.97. The molecule has 1 rings (SSSR count). The first-order valence-corrected chi connectivity index (χ1v) is 8.88. The molecule has 1 aromatic carbocycles. The van der Waals surface area contributed by atoms with Crippen molar-refractivity contribution in [1.29, 1.82) is 0 Å². The van der Waals surface area contributed by atoms with Gasteiger partial charge in [0.25, 0.3) is 5.91 Å². The number of unbranched alkanes of at least 4 members (excludes halogenated alkanes) is 8. The maximum atomic E-state index is 11.8. The summed E-state index contributed by atoms with van der Waals surface area (Å²) in [5, 5.41) is 5.07. The summed E-state index contributed by atoms with van der Waals surface area (Å²) in [4.78, 5) is 23.4. The Kier molecular flexibility index (Phi) is 10.6. The molecule has 0 aliphatic carbocycles. The van der Waals surface area contributed by atoms with Gasteiger partial charge < -0.3 is 5.32 Å². The highest BCUT2D eigenvalue weighted by Gasteiger charge is 2.08. The second-order valence-corrected chi connectivity index (χ2v) is 5.90. The molecule has 23 heavy (non-hydrogen) atoms. The molecule has 0 aromatic heterocycles. The first-order chi connectivity index (χ1) is 11.2. The lowest BCUT2D eigenvalue weighted by Crippen LogP contribution is -2.39. The quantitative estimate of drug-likeness (QED) is 0.583. The Morgan fingerprint density at radius 2 is 1.39 bits per heavy atom. The monoisotopic (exact) mass is 318 g/mol. The van der Waals surface area contributed by atoms with Crippen LogP contribution in [0.4, 0.5) is 4.79 Å². The number of amides is 3. The van der Waals surface area contributed by atoms with Gasteiger partial charge in [0, 0.05) is 12.1 Å². The summed E-state index contributed by atoms with van der Waals surface area (Å²) in [5.74, 6) is -0.366. The lowest BCUT2D eigenvalue weighted by Gasteiger charge is -2.07. The normalized spacial score (nSPS) is 10.3. The van der Waals surface area contributed by atoms with Crippen molar-refractivity contribution in [1.82, 2.24) is 10.6 Å².